The fourth-order valence-corrected chi connectivity index (χ4v) is 5.80. The number of pyridine rings is 1. The van der Waals surface area contributed by atoms with Crippen molar-refractivity contribution >= 4 is 38.5 Å². The number of amides is 2. The first kappa shape index (κ1) is 24.5. The lowest BCUT2D eigenvalue weighted by Gasteiger charge is -2.37. The van der Waals surface area contributed by atoms with E-state index in [1.54, 1.807) is 31.2 Å². The van der Waals surface area contributed by atoms with Crippen LogP contribution >= 0.6 is 0 Å². The van der Waals surface area contributed by atoms with E-state index in [0.717, 1.165) is 14.9 Å². The van der Waals surface area contributed by atoms with Gasteiger partial charge in [0.15, 0.2) is 28.8 Å². The van der Waals surface area contributed by atoms with E-state index < -0.39 is 33.4 Å². The number of rotatable bonds is 6. The van der Waals surface area contributed by atoms with Gasteiger partial charge in [-0.1, -0.05) is 18.2 Å². The van der Waals surface area contributed by atoms with Gasteiger partial charge in [0.25, 0.3) is 10.0 Å². The van der Waals surface area contributed by atoms with Crippen LogP contribution in [0.25, 0.3) is 11.0 Å². The quantitative estimate of drug-likeness (QED) is 0.365. The molecule has 37 heavy (non-hydrogen) atoms. The predicted octanol–water partition coefficient (Wildman–Crippen LogP) is 4.54. The standard InChI is InChI=1S/C25H22F2N4O5S/c1-4-29-22-15(14-30(25(29)32)23-20(26)18(35-2)12-19(36-3)21(23)27)13-28-24-17(22)10-11-31(24)37(33,34)16-8-6-5-7-9-16/h5-13H,4,14H2,1-3H3. The first-order chi connectivity index (χ1) is 17.7. The summed E-state index contributed by atoms with van der Waals surface area (Å²) < 4.78 is 68.1. The number of halogens is 2. The summed E-state index contributed by atoms with van der Waals surface area (Å²) in [5.74, 6) is -2.68. The molecular weight excluding hydrogens is 506 g/mol. The molecule has 0 N–H and O–H groups in total. The maximum atomic E-state index is 15.2. The van der Waals surface area contributed by atoms with E-state index >= 15 is 8.78 Å². The van der Waals surface area contributed by atoms with Crippen LogP contribution < -0.4 is 19.3 Å². The van der Waals surface area contributed by atoms with Crippen molar-refractivity contribution in [3.8, 4) is 11.5 Å². The van der Waals surface area contributed by atoms with Gasteiger partial charge in [-0.15, -0.1) is 0 Å². The lowest BCUT2D eigenvalue weighted by Crippen LogP contribution is -2.48. The van der Waals surface area contributed by atoms with Crippen LogP contribution in [0.5, 0.6) is 11.5 Å². The summed E-state index contributed by atoms with van der Waals surface area (Å²) in [5.41, 5.74) is 0.410. The molecule has 0 saturated carbocycles. The van der Waals surface area contributed by atoms with Crippen molar-refractivity contribution < 1.29 is 31.5 Å². The molecule has 4 aromatic rings. The van der Waals surface area contributed by atoms with Gasteiger partial charge in [-0.05, 0) is 25.1 Å². The molecule has 1 aliphatic heterocycles. The van der Waals surface area contributed by atoms with Crippen molar-refractivity contribution in [3.05, 3.63) is 72.1 Å². The van der Waals surface area contributed by atoms with Crippen LogP contribution in [-0.2, 0) is 16.6 Å². The number of hydrogen-bond donors (Lipinski definition) is 0. The highest BCUT2D eigenvalue weighted by atomic mass is 32.2. The first-order valence-electron chi connectivity index (χ1n) is 11.2. The van der Waals surface area contributed by atoms with Gasteiger partial charge in [0, 0.05) is 36.0 Å². The second kappa shape index (κ2) is 9.04. The van der Waals surface area contributed by atoms with Gasteiger partial charge in [-0.2, -0.15) is 0 Å². The van der Waals surface area contributed by atoms with Crippen LogP contribution in [-0.4, -0.2) is 44.2 Å². The normalized spacial score (nSPS) is 13.7. The molecule has 0 fully saturated rings. The molecular formula is C25H22F2N4O5S. The number of methoxy groups -OCH3 is 2. The van der Waals surface area contributed by atoms with E-state index in [4.69, 9.17) is 9.47 Å². The van der Waals surface area contributed by atoms with Gasteiger partial charge < -0.3 is 9.47 Å². The fraction of sp³-hybridized carbons (Fsp3) is 0.200. The zero-order chi connectivity index (χ0) is 26.5. The Morgan fingerprint density at radius 3 is 2.24 bits per heavy atom. The van der Waals surface area contributed by atoms with Crippen molar-refractivity contribution in [2.75, 3.05) is 30.6 Å². The smallest absolute Gasteiger partial charge is 0.329 e. The van der Waals surface area contributed by atoms with Crippen LogP contribution in [0.2, 0.25) is 0 Å². The lowest BCUT2D eigenvalue weighted by atomic mass is 10.1. The number of fused-ring (bicyclic) bond motifs is 3. The van der Waals surface area contributed by atoms with Gasteiger partial charge in [-0.25, -0.2) is 30.9 Å². The molecule has 0 unspecified atom stereocenters. The Morgan fingerprint density at radius 2 is 1.65 bits per heavy atom. The Balaban J connectivity index is 1.67. The maximum absolute atomic E-state index is 15.2. The predicted molar refractivity (Wildman–Crippen MR) is 133 cm³/mol. The SMILES string of the molecule is CCN1C(=O)N(c2c(F)c(OC)cc(OC)c2F)Cc2cnc3c(ccn3S(=O)(=O)c3ccccc3)c21. The van der Waals surface area contributed by atoms with E-state index in [1.807, 2.05) is 0 Å². The topological polar surface area (TPSA) is 94.0 Å². The van der Waals surface area contributed by atoms with Gasteiger partial charge in [0.1, 0.15) is 5.69 Å². The Labute approximate surface area is 211 Å². The van der Waals surface area contributed by atoms with E-state index in [1.165, 1.54) is 43.6 Å². The number of aromatic nitrogens is 2. The zero-order valence-corrected chi connectivity index (χ0v) is 20.9. The molecule has 5 rings (SSSR count). The van der Waals surface area contributed by atoms with Gasteiger partial charge in [-0.3, -0.25) is 9.80 Å². The van der Waals surface area contributed by atoms with Crippen LogP contribution in [0.1, 0.15) is 12.5 Å². The molecule has 192 valence electrons. The third-order valence-corrected chi connectivity index (χ3v) is 7.91. The molecule has 2 amide bonds. The van der Waals surface area contributed by atoms with Crippen molar-refractivity contribution in [1.82, 2.24) is 8.96 Å². The minimum Gasteiger partial charge on any atom is -0.493 e. The number of nitrogens with zero attached hydrogens (tertiary/aromatic N) is 4. The summed E-state index contributed by atoms with van der Waals surface area (Å²) in [6, 6.07) is 9.82. The maximum Gasteiger partial charge on any atom is 0.329 e. The Hall–Kier alpha value is -4.19. The average molecular weight is 529 g/mol. The van der Waals surface area contributed by atoms with Crippen LogP contribution in [0.15, 0.2) is 59.8 Å². The van der Waals surface area contributed by atoms with Gasteiger partial charge >= 0.3 is 6.03 Å². The summed E-state index contributed by atoms with van der Waals surface area (Å²) in [6.07, 6.45) is 2.78. The third kappa shape index (κ3) is 3.67. The molecule has 9 nitrogen and oxygen atoms in total. The number of carbonyl (C=O) groups is 1. The van der Waals surface area contributed by atoms with Gasteiger partial charge in [0.05, 0.1) is 31.3 Å². The Morgan fingerprint density at radius 1 is 1.00 bits per heavy atom. The highest BCUT2D eigenvalue weighted by Crippen LogP contribution is 2.42. The van der Waals surface area contributed by atoms with E-state index in [2.05, 4.69) is 4.98 Å². The number of benzene rings is 2. The molecule has 0 radical (unpaired) electrons. The molecule has 3 heterocycles. The summed E-state index contributed by atoms with van der Waals surface area (Å²) in [4.78, 5) is 20.3. The van der Waals surface area contributed by atoms with Crippen LogP contribution in [0.4, 0.5) is 25.0 Å². The van der Waals surface area contributed by atoms with Gasteiger partial charge in [0.2, 0.25) is 0 Å². The molecule has 0 atom stereocenters. The van der Waals surface area contributed by atoms with E-state index in [0.29, 0.717) is 16.6 Å². The van der Waals surface area contributed by atoms with Crippen LogP contribution in [0, 0.1) is 11.6 Å². The molecule has 0 bridgehead atoms. The zero-order valence-electron chi connectivity index (χ0n) is 20.1. The van der Waals surface area contributed by atoms with Crippen molar-refractivity contribution in [1.29, 1.82) is 0 Å². The highest BCUT2D eigenvalue weighted by Gasteiger charge is 2.37. The third-order valence-electron chi connectivity index (χ3n) is 6.23. The molecule has 2 aromatic heterocycles. The number of carbonyl (C=O) groups excluding carboxylic acids is 1. The fourth-order valence-electron chi connectivity index (χ4n) is 4.48. The summed E-state index contributed by atoms with van der Waals surface area (Å²) in [5, 5.41) is 0.413. The summed E-state index contributed by atoms with van der Waals surface area (Å²) in [6.45, 7) is 1.63. The van der Waals surface area contributed by atoms with Crippen LogP contribution in [0.3, 0.4) is 0 Å². The monoisotopic (exact) mass is 528 g/mol. The largest absolute Gasteiger partial charge is 0.493 e. The molecule has 2 aromatic carbocycles. The van der Waals surface area contributed by atoms with E-state index in [9.17, 15) is 13.2 Å². The van der Waals surface area contributed by atoms with Crippen molar-refractivity contribution in [2.24, 2.45) is 0 Å². The number of ether oxygens (including phenoxy) is 2. The number of urea groups is 1. The minimum atomic E-state index is -3.95. The van der Waals surface area contributed by atoms with Crippen molar-refractivity contribution in [3.63, 3.8) is 0 Å². The Kier molecular flexibility index (Phi) is 5.98. The molecule has 1 aliphatic rings. The van der Waals surface area contributed by atoms with Crippen molar-refractivity contribution in [2.45, 2.75) is 18.4 Å². The average Bonchev–Trinajstić information content (AvgIpc) is 3.35. The molecule has 0 spiro atoms. The lowest BCUT2D eigenvalue weighted by molar-refractivity contribution is 0.249. The Bertz CT molecular complexity index is 1610. The van der Waals surface area contributed by atoms with E-state index in [-0.39, 0.29) is 35.1 Å². The molecule has 0 saturated heterocycles. The highest BCUT2D eigenvalue weighted by molar-refractivity contribution is 7.90. The molecule has 12 heteroatoms. The second-order valence-corrected chi connectivity index (χ2v) is 9.98. The minimum absolute atomic E-state index is 0.0829. The number of hydrogen-bond acceptors (Lipinski definition) is 6. The molecule has 0 aliphatic carbocycles. The number of anilines is 2. The summed E-state index contributed by atoms with van der Waals surface area (Å²) >= 11 is 0. The second-order valence-electron chi connectivity index (χ2n) is 8.17. The summed E-state index contributed by atoms with van der Waals surface area (Å²) in [7, 11) is -1.51. The first-order valence-corrected chi connectivity index (χ1v) is 12.7.